The highest BCUT2D eigenvalue weighted by atomic mass is 16.5. The van der Waals surface area contributed by atoms with Crippen molar-refractivity contribution in [2.45, 2.75) is 89.2 Å². The van der Waals surface area contributed by atoms with Gasteiger partial charge in [-0.25, -0.2) is 4.79 Å². The van der Waals surface area contributed by atoms with Gasteiger partial charge in [0, 0.05) is 44.8 Å². The third-order valence-electron chi connectivity index (χ3n) is 7.91. The highest BCUT2D eigenvalue weighted by molar-refractivity contribution is 5.74. The molecule has 1 aromatic rings. The van der Waals surface area contributed by atoms with E-state index in [2.05, 4.69) is 5.32 Å². The van der Waals surface area contributed by atoms with Crippen LogP contribution < -0.4 is 11.1 Å². The topological polar surface area (TPSA) is 87.8 Å². The molecule has 34 heavy (non-hydrogen) atoms. The minimum atomic E-state index is -0.943. The molecule has 0 radical (unpaired) electrons. The molecule has 192 valence electrons. The molecule has 1 heterocycles. The molecule has 1 saturated heterocycles. The van der Waals surface area contributed by atoms with Crippen molar-refractivity contribution in [3.8, 4) is 0 Å². The summed E-state index contributed by atoms with van der Waals surface area (Å²) in [4.78, 5) is 15.1. The number of urea groups is 1. The molecule has 6 heteroatoms. The largest absolute Gasteiger partial charge is 0.385 e. The van der Waals surface area contributed by atoms with Crippen LogP contribution in [0.15, 0.2) is 30.3 Å². The Morgan fingerprint density at radius 1 is 1.18 bits per heavy atom. The van der Waals surface area contributed by atoms with E-state index in [1.807, 2.05) is 42.2 Å². The lowest BCUT2D eigenvalue weighted by Gasteiger charge is -2.43. The van der Waals surface area contributed by atoms with Crippen LogP contribution in [-0.4, -0.2) is 54.9 Å². The summed E-state index contributed by atoms with van der Waals surface area (Å²) < 4.78 is 5.50. The van der Waals surface area contributed by atoms with E-state index in [0.29, 0.717) is 25.4 Å². The highest BCUT2D eigenvalue weighted by Gasteiger charge is 2.41. The molecule has 0 spiro atoms. The maximum Gasteiger partial charge on any atom is 0.317 e. The van der Waals surface area contributed by atoms with Crippen LogP contribution >= 0.6 is 0 Å². The van der Waals surface area contributed by atoms with E-state index in [1.165, 1.54) is 32.1 Å². The van der Waals surface area contributed by atoms with Crippen LogP contribution in [0.4, 0.5) is 4.79 Å². The van der Waals surface area contributed by atoms with Gasteiger partial charge < -0.3 is 25.8 Å². The molecule has 3 rings (SSSR count). The molecule has 2 amide bonds. The molecule has 3 atom stereocenters. The van der Waals surface area contributed by atoms with E-state index in [4.69, 9.17) is 10.5 Å². The molecule has 1 aromatic carbocycles. The number of rotatable bonds is 12. The minimum Gasteiger partial charge on any atom is -0.385 e. The summed E-state index contributed by atoms with van der Waals surface area (Å²) in [5.74, 6) is 0.688. The molecule has 1 unspecified atom stereocenters. The number of benzene rings is 1. The van der Waals surface area contributed by atoms with Gasteiger partial charge in [-0.05, 0) is 56.9 Å². The second-order valence-corrected chi connectivity index (χ2v) is 10.4. The first kappa shape index (κ1) is 27.0. The van der Waals surface area contributed by atoms with Gasteiger partial charge in [0.2, 0.25) is 0 Å². The zero-order chi connectivity index (χ0) is 24.2. The maximum atomic E-state index is 13.2. The van der Waals surface area contributed by atoms with Gasteiger partial charge in [0.25, 0.3) is 0 Å². The molecule has 1 aliphatic carbocycles. The molecule has 1 saturated carbocycles. The van der Waals surface area contributed by atoms with Crippen LogP contribution in [-0.2, 0) is 10.3 Å². The van der Waals surface area contributed by atoms with E-state index < -0.39 is 5.60 Å². The molecular formula is C28H47N3O3. The summed E-state index contributed by atoms with van der Waals surface area (Å²) in [7, 11) is 0. The fraction of sp³-hybridized carbons (Fsp3) is 0.750. The van der Waals surface area contributed by atoms with Crippen molar-refractivity contribution in [2.24, 2.45) is 17.6 Å². The third-order valence-corrected chi connectivity index (χ3v) is 7.91. The fourth-order valence-corrected chi connectivity index (χ4v) is 5.91. The summed E-state index contributed by atoms with van der Waals surface area (Å²) in [6.07, 6.45) is 11.7. The van der Waals surface area contributed by atoms with E-state index in [1.54, 1.807) is 0 Å². The summed E-state index contributed by atoms with van der Waals surface area (Å²) in [5, 5.41) is 15.2. The first-order chi connectivity index (χ1) is 16.6. The second-order valence-electron chi connectivity index (χ2n) is 10.4. The molecular weight excluding hydrogens is 426 g/mol. The number of piperidine rings is 1. The third kappa shape index (κ3) is 7.69. The normalized spacial score (nSPS) is 22.2. The van der Waals surface area contributed by atoms with E-state index in [0.717, 1.165) is 57.4 Å². The van der Waals surface area contributed by atoms with Crippen LogP contribution in [0.1, 0.15) is 83.1 Å². The Morgan fingerprint density at radius 3 is 2.65 bits per heavy atom. The number of ether oxygens (including phenoxy) is 1. The number of likely N-dealkylation sites (tertiary alicyclic amines) is 1. The number of carbonyl (C=O) groups is 1. The fourth-order valence-electron chi connectivity index (χ4n) is 5.91. The number of carbonyl (C=O) groups excluding carboxylic acids is 1. The zero-order valence-corrected chi connectivity index (χ0v) is 21.2. The number of unbranched alkanes of at least 4 members (excludes halogenated alkanes) is 1. The van der Waals surface area contributed by atoms with Gasteiger partial charge in [-0.1, -0.05) is 62.4 Å². The average molecular weight is 474 g/mol. The predicted octanol–water partition coefficient (Wildman–Crippen LogP) is 4.80. The van der Waals surface area contributed by atoms with E-state index in [9.17, 15) is 9.90 Å². The van der Waals surface area contributed by atoms with Crippen molar-refractivity contribution in [3.05, 3.63) is 35.9 Å². The van der Waals surface area contributed by atoms with Crippen molar-refractivity contribution in [1.29, 1.82) is 0 Å². The van der Waals surface area contributed by atoms with Crippen molar-refractivity contribution >= 4 is 6.03 Å². The van der Waals surface area contributed by atoms with Gasteiger partial charge in [-0.2, -0.15) is 0 Å². The number of nitrogens with two attached hydrogens (primary N) is 1. The van der Waals surface area contributed by atoms with Crippen molar-refractivity contribution in [2.75, 3.05) is 32.8 Å². The van der Waals surface area contributed by atoms with Crippen molar-refractivity contribution < 1.29 is 14.6 Å². The van der Waals surface area contributed by atoms with E-state index >= 15 is 0 Å². The average Bonchev–Trinajstić information content (AvgIpc) is 2.89. The van der Waals surface area contributed by atoms with Crippen LogP contribution in [0.5, 0.6) is 0 Å². The molecule has 4 N–H and O–H groups in total. The van der Waals surface area contributed by atoms with Crippen LogP contribution in [0.2, 0.25) is 0 Å². The highest BCUT2D eigenvalue weighted by Crippen LogP contribution is 2.39. The maximum absolute atomic E-state index is 13.2. The van der Waals surface area contributed by atoms with Crippen LogP contribution in [0.25, 0.3) is 0 Å². The van der Waals surface area contributed by atoms with Crippen LogP contribution in [0.3, 0.4) is 0 Å². The second kappa shape index (κ2) is 14.1. The molecule has 0 bridgehead atoms. The quantitative estimate of drug-likeness (QED) is 0.381. The van der Waals surface area contributed by atoms with E-state index in [-0.39, 0.29) is 18.0 Å². The molecule has 1 aliphatic heterocycles. The van der Waals surface area contributed by atoms with Crippen LogP contribution in [0, 0.1) is 11.8 Å². The number of nitrogens with one attached hydrogen (secondary N) is 1. The summed E-state index contributed by atoms with van der Waals surface area (Å²) >= 11 is 0. The van der Waals surface area contributed by atoms with Gasteiger partial charge in [-0.3, -0.25) is 0 Å². The summed E-state index contributed by atoms with van der Waals surface area (Å²) in [6, 6.07) is 10.0. The SMILES string of the molecule is CCOCCCC[C@@](O)(c1ccccc1)[C@@H]1CCCN(C(=O)NC(CN)CC2CCCCC2)C1. The lowest BCUT2D eigenvalue weighted by Crippen LogP contribution is -2.53. The Balaban J connectivity index is 1.62. The lowest BCUT2D eigenvalue weighted by molar-refractivity contribution is -0.0565. The first-order valence-electron chi connectivity index (χ1n) is 13.7. The Kier molecular flexibility index (Phi) is 11.1. The summed E-state index contributed by atoms with van der Waals surface area (Å²) in [5.41, 5.74) is 6.06. The minimum absolute atomic E-state index is 0.0103. The first-order valence-corrected chi connectivity index (χ1v) is 13.7. The Morgan fingerprint density at radius 2 is 1.94 bits per heavy atom. The lowest BCUT2D eigenvalue weighted by atomic mass is 9.74. The smallest absolute Gasteiger partial charge is 0.317 e. The molecule has 6 nitrogen and oxygen atoms in total. The number of amides is 2. The summed E-state index contributed by atoms with van der Waals surface area (Å²) in [6.45, 7) is 5.24. The number of nitrogens with zero attached hydrogens (tertiary/aromatic N) is 1. The van der Waals surface area contributed by atoms with Gasteiger partial charge in [-0.15, -0.1) is 0 Å². The Labute approximate surface area is 206 Å². The predicted molar refractivity (Wildman–Crippen MR) is 138 cm³/mol. The molecule has 2 aliphatic rings. The number of hydrogen-bond donors (Lipinski definition) is 3. The standard InChI is InChI=1S/C28H47N3O3/c1-2-34-19-10-9-17-28(33,24-14-7-4-8-15-24)25-16-11-18-31(22-25)27(32)30-26(21-29)20-23-12-5-3-6-13-23/h4,7-8,14-15,23,25-26,33H,2-3,5-6,9-13,16-22,29H2,1H3,(H,30,32)/t25-,26?,28-/m1/s1. The van der Waals surface area contributed by atoms with Gasteiger partial charge >= 0.3 is 6.03 Å². The molecule has 0 aromatic heterocycles. The number of hydrogen-bond acceptors (Lipinski definition) is 4. The molecule has 2 fully saturated rings. The van der Waals surface area contributed by atoms with Gasteiger partial charge in [0.1, 0.15) is 0 Å². The van der Waals surface area contributed by atoms with Gasteiger partial charge in [0.05, 0.1) is 5.60 Å². The zero-order valence-electron chi connectivity index (χ0n) is 21.2. The Hall–Kier alpha value is -1.63. The number of aliphatic hydroxyl groups is 1. The van der Waals surface area contributed by atoms with Gasteiger partial charge in [0.15, 0.2) is 0 Å². The monoisotopic (exact) mass is 473 g/mol. The van der Waals surface area contributed by atoms with Crippen molar-refractivity contribution in [1.82, 2.24) is 10.2 Å². The Bertz CT molecular complexity index is 710. The van der Waals surface area contributed by atoms with Crippen molar-refractivity contribution in [3.63, 3.8) is 0 Å².